The van der Waals surface area contributed by atoms with Crippen LogP contribution in [0.4, 0.5) is 0 Å². The third-order valence-corrected chi connectivity index (χ3v) is 5.96. The Kier molecular flexibility index (Phi) is 13.5. The second-order valence-corrected chi connectivity index (χ2v) is 9.49. The molecule has 0 unspecified atom stereocenters. The molecule has 0 radical (unpaired) electrons. The molecular weight excluding hydrogens is 614 g/mol. The zero-order chi connectivity index (χ0) is 34.0. The van der Waals surface area contributed by atoms with E-state index in [2.05, 4.69) is 10.0 Å². The first-order chi connectivity index (χ1) is 21.1. The fourth-order valence-electron chi connectivity index (χ4n) is 4.52. The zero-order valence-electron chi connectivity index (χ0n) is 25.3. The number of hydrogen-bond acceptors (Lipinski definition) is 18. The second-order valence-electron chi connectivity index (χ2n) is 9.49. The van der Waals surface area contributed by atoms with E-state index in [0.717, 1.165) is 48.7 Å². The van der Waals surface area contributed by atoms with Crippen molar-refractivity contribution in [3.63, 3.8) is 0 Å². The molecule has 0 saturated carbocycles. The largest absolute Gasteiger partial charge is 0.467 e. The molecule has 0 aromatic carbocycles. The molecule has 2 saturated heterocycles. The van der Waals surface area contributed by atoms with E-state index in [1.54, 1.807) is 0 Å². The molecule has 0 spiro atoms. The Hall–Kier alpha value is -4.52. The lowest BCUT2D eigenvalue weighted by Crippen LogP contribution is -2.67. The van der Waals surface area contributed by atoms with E-state index >= 15 is 0 Å². The van der Waals surface area contributed by atoms with Gasteiger partial charge in [0.25, 0.3) is 0 Å². The quantitative estimate of drug-likeness (QED) is 0.0901. The first-order valence-electron chi connectivity index (χ1n) is 13.2. The van der Waals surface area contributed by atoms with Gasteiger partial charge in [0, 0.05) is 46.5 Å². The van der Waals surface area contributed by atoms with Crippen molar-refractivity contribution in [2.75, 3.05) is 13.7 Å². The van der Waals surface area contributed by atoms with Crippen LogP contribution in [-0.4, -0.2) is 117 Å². The van der Waals surface area contributed by atoms with Crippen molar-refractivity contribution in [3.05, 3.63) is 10.4 Å². The van der Waals surface area contributed by atoms with Crippen LogP contribution in [-0.2, 0) is 80.9 Å². The Labute approximate surface area is 255 Å². The molecule has 10 atom stereocenters. The number of nitrogens with zero attached hydrogens (tertiary/aromatic N) is 3. The van der Waals surface area contributed by atoms with Crippen LogP contribution in [0, 0.1) is 0 Å². The highest BCUT2D eigenvalue weighted by molar-refractivity contribution is 5.77. The lowest BCUT2D eigenvalue weighted by Gasteiger charge is -2.48. The van der Waals surface area contributed by atoms with Crippen molar-refractivity contribution >= 4 is 41.8 Å². The molecule has 0 aromatic heterocycles. The predicted molar refractivity (Wildman–Crippen MR) is 138 cm³/mol. The van der Waals surface area contributed by atoms with E-state index in [1.165, 1.54) is 0 Å². The molecule has 2 heterocycles. The molecule has 2 aliphatic rings. The lowest BCUT2D eigenvalue weighted by molar-refractivity contribution is -0.342. The van der Waals surface area contributed by atoms with Gasteiger partial charge in [-0.25, -0.2) is 4.79 Å². The maximum atomic E-state index is 12.7. The average Bonchev–Trinajstić information content (AvgIpc) is 2.92. The van der Waals surface area contributed by atoms with Gasteiger partial charge in [-0.2, -0.15) is 0 Å². The van der Waals surface area contributed by atoms with Gasteiger partial charge in [0.1, 0.15) is 18.8 Å². The summed E-state index contributed by atoms with van der Waals surface area (Å²) in [5.41, 5.74) is 9.15. The van der Waals surface area contributed by atoms with Gasteiger partial charge in [0.15, 0.2) is 49.1 Å². The van der Waals surface area contributed by atoms with E-state index in [4.69, 9.17) is 52.9 Å². The lowest BCUT2D eigenvalue weighted by atomic mass is 9.95. The maximum Gasteiger partial charge on any atom is 0.339 e. The van der Waals surface area contributed by atoms with Gasteiger partial charge in [0.2, 0.25) is 0 Å². The van der Waals surface area contributed by atoms with E-state index in [9.17, 15) is 33.6 Å². The normalized spacial score (nSPS) is 30.7. The topological polar surface area (TPSA) is 261 Å². The highest BCUT2D eigenvalue weighted by atomic mass is 16.8. The van der Waals surface area contributed by atoms with Crippen molar-refractivity contribution in [2.45, 2.75) is 103 Å². The van der Waals surface area contributed by atoms with Gasteiger partial charge in [-0.3, -0.25) is 28.8 Å². The smallest absolute Gasteiger partial charge is 0.339 e. The highest BCUT2D eigenvalue weighted by Crippen LogP contribution is 2.35. The first kappa shape index (κ1) is 36.7. The number of azide groups is 1. The minimum Gasteiger partial charge on any atom is -0.467 e. The van der Waals surface area contributed by atoms with Crippen molar-refractivity contribution in [1.82, 2.24) is 0 Å². The third kappa shape index (κ3) is 10.3. The molecule has 20 nitrogen and oxygen atoms in total. The van der Waals surface area contributed by atoms with Gasteiger partial charge in [0.05, 0.1) is 7.11 Å². The van der Waals surface area contributed by atoms with Crippen molar-refractivity contribution in [3.8, 4) is 0 Å². The van der Waals surface area contributed by atoms with Gasteiger partial charge >= 0.3 is 41.8 Å². The van der Waals surface area contributed by atoms with Crippen LogP contribution in [0.1, 0.15) is 41.5 Å². The molecule has 45 heavy (non-hydrogen) atoms. The number of carbonyl (C=O) groups is 7. The van der Waals surface area contributed by atoms with Crippen molar-refractivity contribution in [1.29, 1.82) is 0 Å². The third-order valence-electron chi connectivity index (χ3n) is 5.96. The molecule has 0 bridgehead atoms. The molecule has 2 rings (SSSR count). The van der Waals surface area contributed by atoms with Gasteiger partial charge in [-0.15, -0.1) is 0 Å². The zero-order valence-corrected chi connectivity index (χ0v) is 25.3. The van der Waals surface area contributed by atoms with Crippen LogP contribution in [0.2, 0.25) is 0 Å². The summed E-state index contributed by atoms with van der Waals surface area (Å²) in [6.45, 7) is 5.41. The highest BCUT2D eigenvalue weighted by Gasteiger charge is 2.58. The van der Waals surface area contributed by atoms with Crippen LogP contribution in [0.5, 0.6) is 0 Å². The summed E-state index contributed by atoms with van der Waals surface area (Å²) in [7, 11) is 0.979. The summed E-state index contributed by atoms with van der Waals surface area (Å²) >= 11 is 0. The van der Waals surface area contributed by atoms with Crippen LogP contribution in [0.3, 0.4) is 0 Å². The van der Waals surface area contributed by atoms with Crippen molar-refractivity contribution < 1.29 is 80.9 Å². The Bertz CT molecular complexity index is 1200. The minimum absolute atomic E-state index is 0.613. The number of rotatable bonds is 11. The molecule has 2 fully saturated rings. The molecule has 250 valence electrons. The number of carbonyl (C=O) groups excluding carboxylic acids is 7. The fraction of sp³-hybridized carbons (Fsp3) is 0.720. The molecule has 20 heteroatoms. The monoisotopic (exact) mass is 647 g/mol. The van der Waals surface area contributed by atoms with E-state index in [1.807, 2.05) is 0 Å². The molecular formula is C25H33N3O17. The maximum absolute atomic E-state index is 12.7. The van der Waals surface area contributed by atoms with E-state index in [-0.39, 0.29) is 0 Å². The Morgan fingerprint density at radius 3 is 1.62 bits per heavy atom. The summed E-state index contributed by atoms with van der Waals surface area (Å²) in [4.78, 5) is 87.6. The molecule has 2 aliphatic heterocycles. The Balaban J connectivity index is 2.77. The van der Waals surface area contributed by atoms with Crippen molar-refractivity contribution in [2.24, 2.45) is 5.11 Å². The van der Waals surface area contributed by atoms with Crippen LogP contribution >= 0.6 is 0 Å². The van der Waals surface area contributed by atoms with Crippen LogP contribution < -0.4 is 0 Å². The average molecular weight is 648 g/mol. The summed E-state index contributed by atoms with van der Waals surface area (Å²) in [5, 5.41) is 3.41. The Morgan fingerprint density at radius 2 is 1.13 bits per heavy atom. The van der Waals surface area contributed by atoms with Crippen LogP contribution in [0.25, 0.3) is 10.4 Å². The minimum atomic E-state index is -1.89. The SMILES string of the molecule is COC(=O)[C@H]1O[C@@H](N=[N+]=[N-])[C@H](OC(C)=O)[C@@H](O[C@H]2O[C@H](COC(C)=O)[C@@H](OC(C)=O)[C@H](OC(C)=O)[C@@H]2OC(C)=O)[C@@H]1OC(C)=O. The molecule has 0 amide bonds. The summed E-state index contributed by atoms with van der Waals surface area (Å²) in [6, 6.07) is 0. The van der Waals surface area contributed by atoms with Gasteiger partial charge in [-0.1, -0.05) is 5.11 Å². The molecule has 0 aromatic rings. The second kappa shape index (κ2) is 16.5. The number of methoxy groups -OCH3 is 1. The Morgan fingerprint density at radius 1 is 0.644 bits per heavy atom. The standard InChI is InChI=1S/C25H33N3O17/c1-9(29)37-8-15-16(38-10(2)30)17(39-11(3)31)22(42-14(6)34)25(43-15)45-18-19(40-12(4)32)21(24(35)36-7)44-23(27-28-26)20(18)41-13(5)33/h15-23,25H,8H2,1-7H3/t15-,16-,17+,18+,19+,20-,21+,22+,23-,25-/m1/s1. The number of hydrogen-bond donors (Lipinski definition) is 0. The first-order valence-corrected chi connectivity index (χ1v) is 13.2. The number of esters is 7. The van der Waals surface area contributed by atoms with Gasteiger partial charge < -0.3 is 47.4 Å². The summed E-state index contributed by atoms with van der Waals surface area (Å²) in [5.74, 6) is -6.63. The molecule has 0 aliphatic carbocycles. The summed E-state index contributed by atoms with van der Waals surface area (Å²) in [6.07, 6.45) is -17.3. The van der Waals surface area contributed by atoms with E-state index < -0.39 is 110 Å². The number of ether oxygens (including phenoxy) is 10. The molecule has 0 N–H and O–H groups in total. The summed E-state index contributed by atoms with van der Waals surface area (Å²) < 4.78 is 53.9. The fourth-order valence-corrected chi connectivity index (χ4v) is 4.52. The predicted octanol–water partition coefficient (Wildman–Crippen LogP) is -0.474. The van der Waals surface area contributed by atoms with Gasteiger partial charge in [-0.05, 0) is 5.53 Å². The van der Waals surface area contributed by atoms with Crippen LogP contribution in [0.15, 0.2) is 5.11 Å². The van der Waals surface area contributed by atoms with E-state index in [0.29, 0.717) is 0 Å².